The zero-order valence-electron chi connectivity index (χ0n) is 11.8. The van der Waals surface area contributed by atoms with E-state index in [0.29, 0.717) is 11.4 Å². The van der Waals surface area contributed by atoms with Gasteiger partial charge in [0.05, 0.1) is 6.26 Å². The summed E-state index contributed by atoms with van der Waals surface area (Å²) >= 11 is 0. The topological polar surface area (TPSA) is 60.1 Å². The van der Waals surface area contributed by atoms with Crippen LogP contribution in [0.4, 0.5) is 5.69 Å². The van der Waals surface area contributed by atoms with Crippen molar-refractivity contribution in [3.63, 3.8) is 0 Å². The highest BCUT2D eigenvalue weighted by Gasteiger charge is 2.13. The zero-order valence-corrected chi connectivity index (χ0v) is 11.8. The minimum atomic E-state index is -0.255. The smallest absolute Gasteiger partial charge is 0.291 e. The minimum absolute atomic E-state index is 0.255. The minimum Gasteiger partial charge on any atom is -0.459 e. The van der Waals surface area contributed by atoms with E-state index in [4.69, 9.17) is 4.42 Å². The number of nitrogens with zero attached hydrogens (tertiary/aromatic N) is 2. The summed E-state index contributed by atoms with van der Waals surface area (Å²) in [5.74, 6) is 0.923. The number of imidazole rings is 1. The molecule has 3 aromatic rings. The SMILES string of the molecule is Cc1ccoc1C(=O)Nc1cccc(-c2nccn2C)c1. The van der Waals surface area contributed by atoms with Gasteiger partial charge >= 0.3 is 0 Å². The van der Waals surface area contributed by atoms with Crippen LogP contribution < -0.4 is 5.32 Å². The average Bonchev–Trinajstić information content (AvgIpc) is 3.07. The number of hydrogen-bond donors (Lipinski definition) is 1. The molecule has 0 bridgehead atoms. The lowest BCUT2D eigenvalue weighted by molar-refractivity contribution is 0.0996. The number of rotatable bonds is 3. The Labute approximate surface area is 122 Å². The van der Waals surface area contributed by atoms with Gasteiger partial charge in [0.1, 0.15) is 5.82 Å². The normalized spacial score (nSPS) is 10.6. The molecule has 5 heteroatoms. The molecule has 0 unspecified atom stereocenters. The van der Waals surface area contributed by atoms with Crippen molar-refractivity contribution in [2.75, 3.05) is 5.32 Å². The molecular formula is C16H15N3O2. The Bertz CT molecular complexity index is 786. The second kappa shape index (κ2) is 5.28. The highest BCUT2D eigenvalue weighted by atomic mass is 16.3. The predicted molar refractivity (Wildman–Crippen MR) is 80.0 cm³/mol. The van der Waals surface area contributed by atoms with Crippen LogP contribution in [-0.2, 0) is 7.05 Å². The van der Waals surface area contributed by atoms with Crippen LogP contribution in [0, 0.1) is 6.92 Å². The van der Waals surface area contributed by atoms with Crippen LogP contribution in [-0.4, -0.2) is 15.5 Å². The molecule has 21 heavy (non-hydrogen) atoms. The molecule has 2 heterocycles. The lowest BCUT2D eigenvalue weighted by Gasteiger charge is -2.07. The first-order valence-corrected chi connectivity index (χ1v) is 6.58. The van der Waals surface area contributed by atoms with Crippen LogP contribution in [0.25, 0.3) is 11.4 Å². The van der Waals surface area contributed by atoms with E-state index in [2.05, 4.69) is 10.3 Å². The van der Waals surface area contributed by atoms with E-state index in [-0.39, 0.29) is 5.91 Å². The van der Waals surface area contributed by atoms with Gasteiger partial charge < -0.3 is 14.3 Å². The summed E-state index contributed by atoms with van der Waals surface area (Å²) in [6, 6.07) is 9.32. The third-order valence-electron chi connectivity index (χ3n) is 3.27. The lowest BCUT2D eigenvalue weighted by atomic mass is 10.2. The van der Waals surface area contributed by atoms with Crippen molar-refractivity contribution in [1.29, 1.82) is 0 Å². The van der Waals surface area contributed by atoms with E-state index < -0.39 is 0 Å². The number of anilines is 1. The van der Waals surface area contributed by atoms with E-state index in [0.717, 1.165) is 17.0 Å². The molecule has 3 rings (SSSR count). The first kappa shape index (κ1) is 13.2. The first-order valence-electron chi connectivity index (χ1n) is 6.58. The molecule has 5 nitrogen and oxygen atoms in total. The Morgan fingerprint density at radius 2 is 2.19 bits per heavy atom. The van der Waals surface area contributed by atoms with Gasteiger partial charge in [-0.2, -0.15) is 0 Å². The van der Waals surface area contributed by atoms with Gasteiger partial charge in [-0.05, 0) is 25.1 Å². The van der Waals surface area contributed by atoms with Crippen LogP contribution >= 0.6 is 0 Å². The fourth-order valence-electron chi connectivity index (χ4n) is 2.17. The van der Waals surface area contributed by atoms with Crippen molar-refractivity contribution in [2.45, 2.75) is 6.92 Å². The van der Waals surface area contributed by atoms with Gasteiger partial charge in [-0.15, -0.1) is 0 Å². The molecule has 0 spiro atoms. The molecule has 0 saturated heterocycles. The van der Waals surface area contributed by atoms with E-state index in [9.17, 15) is 4.79 Å². The lowest BCUT2D eigenvalue weighted by Crippen LogP contribution is -2.12. The van der Waals surface area contributed by atoms with E-state index in [1.54, 1.807) is 12.3 Å². The van der Waals surface area contributed by atoms with Gasteiger partial charge in [0.2, 0.25) is 0 Å². The fraction of sp³-hybridized carbons (Fsp3) is 0.125. The van der Waals surface area contributed by atoms with Gasteiger partial charge in [-0.3, -0.25) is 4.79 Å². The Hall–Kier alpha value is -2.82. The Balaban J connectivity index is 1.86. The zero-order chi connectivity index (χ0) is 14.8. The summed E-state index contributed by atoms with van der Waals surface area (Å²) in [6.07, 6.45) is 5.13. The molecule has 0 aliphatic heterocycles. The number of amides is 1. The van der Waals surface area contributed by atoms with Crippen molar-refractivity contribution in [3.8, 4) is 11.4 Å². The number of nitrogens with one attached hydrogen (secondary N) is 1. The molecule has 1 aromatic carbocycles. The summed E-state index contributed by atoms with van der Waals surface area (Å²) in [4.78, 5) is 16.4. The number of aromatic nitrogens is 2. The largest absolute Gasteiger partial charge is 0.459 e. The van der Waals surface area contributed by atoms with Crippen molar-refractivity contribution in [2.24, 2.45) is 7.05 Å². The Kier molecular flexibility index (Phi) is 3.31. The summed E-state index contributed by atoms with van der Waals surface area (Å²) in [5.41, 5.74) is 2.46. The van der Waals surface area contributed by atoms with Gasteiger partial charge in [0, 0.05) is 36.3 Å². The van der Waals surface area contributed by atoms with E-state index >= 15 is 0 Å². The molecule has 2 aromatic heterocycles. The summed E-state index contributed by atoms with van der Waals surface area (Å²) in [5, 5.41) is 2.84. The van der Waals surface area contributed by atoms with Crippen LogP contribution in [0.2, 0.25) is 0 Å². The van der Waals surface area contributed by atoms with Crippen LogP contribution in [0.1, 0.15) is 16.1 Å². The monoisotopic (exact) mass is 281 g/mol. The number of carbonyl (C=O) groups is 1. The number of hydrogen-bond acceptors (Lipinski definition) is 3. The maximum atomic E-state index is 12.1. The van der Waals surface area contributed by atoms with Gasteiger partial charge in [-0.1, -0.05) is 12.1 Å². The average molecular weight is 281 g/mol. The number of benzene rings is 1. The van der Waals surface area contributed by atoms with Crippen molar-refractivity contribution in [1.82, 2.24) is 9.55 Å². The third kappa shape index (κ3) is 2.58. The number of carbonyl (C=O) groups excluding carboxylic acids is 1. The molecular weight excluding hydrogens is 266 g/mol. The second-order valence-corrected chi connectivity index (χ2v) is 4.83. The summed E-state index contributed by atoms with van der Waals surface area (Å²) in [6.45, 7) is 1.84. The predicted octanol–water partition coefficient (Wildman–Crippen LogP) is 3.24. The summed E-state index contributed by atoms with van der Waals surface area (Å²) in [7, 11) is 1.93. The highest BCUT2D eigenvalue weighted by molar-refractivity contribution is 6.03. The maximum absolute atomic E-state index is 12.1. The third-order valence-corrected chi connectivity index (χ3v) is 3.27. The van der Waals surface area contributed by atoms with Crippen molar-refractivity contribution < 1.29 is 9.21 Å². The van der Waals surface area contributed by atoms with Crippen molar-refractivity contribution in [3.05, 3.63) is 60.3 Å². The van der Waals surface area contributed by atoms with E-state index in [1.165, 1.54) is 6.26 Å². The molecule has 1 N–H and O–H groups in total. The Morgan fingerprint density at radius 1 is 1.33 bits per heavy atom. The molecule has 0 aliphatic carbocycles. The summed E-state index contributed by atoms with van der Waals surface area (Å²) < 4.78 is 7.12. The molecule has 0 fully saturated rings. The maximum Gasteiger partial charge on any atom is 0.291 e. The van der Waals surface area contributed by atoms with Gasteiger partial charge in [0.15, 0.2) is 5.76 Å². The Morgan fingerprint density at radius 3 is 2.86 bits per heavy atom. The first-order chi connectivity index (χ1) is 10.1. The van der Waals surface area contributed by atoms with Crippen molar-refractivity contribution >= 4 is 11.6 Å². The van der Waals surface area contributed by atoms with Crippen LogP contribution in [0.3, 0.4) is 0 Å². The van der Waals surface area contributed by atoms with Gasteiger partial charge in [0.25, 0.3) is 5.91 Å². The molecule has 0 aliphatic rings. The quantitative estimate of drug-likeness (QED) is 0.801. The van der Waals surface area contributed by atoms with Crippen LogP contribution in [0.5, 0.6) is 0 Å². The van der Waals surface area contributed by atoms with Crippen LogP contribution in [0.15, 0.2) is 53.4 Å². The molecule has 0 atom stereocenters. The number of furan rings is 1. The fourth-order valence-corrected chi connectivity index (χ4v) is 2.17. The standard InChI is InChI=1S/C16H15N3O2/c1-11-6-9-21-14(11)16(20)18-13-5-3-4-12(10-13)15-17-7-8-19(15)2/h3-10H,1-2H3,(H,18,20). The molecule has 0 radical (unpaired) electrons. The second-order valence-electron chi connectivity index (χ2n) is 4.83. The van der Waals surface area contributed by atoms with E-state index in [1.807, 2.05) is 49.0 Å². The number of aryl methyl sites for hydroxylation is 2. The molecule has 1 amide bonds. The molecule has 0 saturated carbocycles. The highest BCUT2D eigenvalue weighted by Crippen LogP contribution is 2.21. The molecule has 106 valence electrons. The van der Waals surface area contributed by atoms with Gasteiger partial charge in [-0.25, -0.2) is 4.98 Å².